The van der Waals surface area contributed by atoms with Gasteiger partial charge in [-0.15, -0.1) is 0 Å². The highest BCUT2D eigenvalue weighted by atomic mass is 16.6. The molecule has 5 amide bonds. The third-order valence-corrected chi connectivity index (χ3v) is 9.28. The van der Waals surface area contributed by atoms with Crippen LogP contribution < -0.4 is 40.2 Å². The first-order chi connectivity index (χ1) is 25.1. The molecule has 3 atom stereocenters. The van der Waals surface area contributed by atoms with Crippen molar-refractivity contribution < 1.29 is 42.9 Å². The van der Waals surface area contributed by atoms with E-state index >= 15 is 0 Å². The minimum Gasteiger partial charge on any atom is -0.492 e. The molecule has 14 heteroatoms. The normalized spacial score (nSPS) is 22.5. The molecule has 0 aromatic heterocycles. The summed E-state index contributed by atoms with van der Waals surface area (Å²) < 4.78 is 23.7. The minimum atomic E-state index is -1.44. The van der Waals surface area contributed by atoms with Crippen LogP contribution in [-0.2, 0) is 25.6 Å². The molecule has 0 aliphatic carbocycles. The molecular weight excluding hydrogens is 670 g/mol. The minimum absolute atomic E-state index is 0.125. The van der Waals surface area contributed by atoms with Crippen molar-refractivity contribution in [1.29, 1.82) is 0 Å². The van der Waals surface area contributed by atoms with Gasteiger partial charge in [0, 0.05) is 32.4 Å². The maximum Gasteiger partial charge on any atom is 0.264 e. The van der Waals surface area contributed by atoms with E-state index in [2.05, 4.69) is 21.3 Å². The summed E-state index contributed by atoms with van der Waals surface area (Å²) in [7, 11) is 0. The molecule has 3 aromatic carbocycles. The average molecular weight is 714 g/mol. The summed E-state index contributed by atoms with van der Waals surface area (Å²) in [5.74, 6) is -0.565. The molecule has 2 bridgehead atoms. The van der Waals surface area contributed by atoms with Crippen molar-refractivity contribution in [3.05, 3.63) is 83.9 Å². The molecule has 4 heterocycles. The monoisotopic (exact) mass is 713 g/mol. The summed E-state index contributed by atoms with van der Waals surface area (Å²) in [6, 6.07) is 18.0. The van der Waals surface area contributed by atoms with Crippen molar-refractivity contribution in [3.63, 3.8) is 0 Å². The number of piperidine rings is 1. The van der Waals surface area contributed by atoms with Crippen molar-refractivity contribution in [2.24, 2.45) is 0 Å². The Hall–Kier alpha value is -5.79. The van der Waals surface area contributed by atoms with E-state index in [0.29, 0.717) is 41.8 Å². The van der Waals surface area contributed by atoms with Gasteiger partial charge in [-0.2, -0.15) is 0 Å². The Morgan fingerprint density at radius 2 is 1.42 bits per heavy atom. The lowest BCUT2D eigenvalue weighted by Crippen LogP contribution is -2.61. The molecule has 1 saturated heterocycles. The highest BCUT2D eigenvalue weighted by Gasteiger charge is 2.46. The lowest BCUT2D eigenvalue weighted by molar-refractivity contribution is -0.143. The molecule has 0 radical (unpaired) electrons. The smallest absolute Gasteiger partial charge is 0.264 e. The Kier molecular flexibility index (Phi) is 11.1. The highest BCUT2D eigenvalue weighted by Crippen LogP contribution is 2.36. The van der Waals surface area contributed by atoms with Crippen LogP contribution in [0.2, 0.25) is 0 Å². The van der Waals surface area contributed by atoms with Crippen LogP contribution >= 0.6 is 0 Å². The van der Waals surface area contributed by atoms with Crippen LogP contribution in [0.1, 0.15) is 42.6 Å². The van der Waals surface area contributed by atoms with Gasteiger partial charge >= 0.3 is 0 Å². The third-order valence-electron chi connectivity index (χ3n) is 9.28. The molecule has 3 aromatic rings. The van der Waals surface area contributed by atoms with E-state index in [1.165, 1.54) is 6.92 Å². The number of carbonyl (C=O) groups is 5. The summed E-state index contributed by atoms with van der Waals surface area (Å²) in [6.45, 7) is 4.51. The number of hydrogen-bond acceptors (Lipinski definition) is 9. The zero-order valence-electron chi connectivity index (χ0n) is 29.1. The molecule has 4 N–H and O–H groups in total. The number of hydrogen-bond donors (Lipinski definition) is 4. The zero-order chi connectivity index (χ0) is 36.7. The zero-order valence-corrected chi connectivity index (χ0v) is 29.1. The van der Waals surface area contributed by atoms with E-state index in [0.717, 1.165) is 5.56 Å². The topological polar surface area (TPSA) is 174 Å². The summed E-state index contributed by atoms with van der Waals surface area (Å²) >= 11 is 0. The molecule has 4 aliphatic rings. The van der Waals surface area contributed by atoms with Crippen molar-refractivity contribution in [1.82, 2.24) is 26.2 Å². The first-order valence-corrected chi connectivity index (χ1v) is 17.4. The summed E-state index contributed by atoms with van der Waals surface area (Å²) in [5.41, 5.74) is -0.276. The molecule has 274 valence electrons. The van der Waals surface area contributed by atoms with Crippen molar-refractivity contribution in [2.45, 2.75) is 56.8 Å². The predicted octanol–water partition coefficient (Wildman–Crippen LogP) is 1.76. The molecular formula is C38H43N5O9. The SMILES string of the molecule is C[C@@H]1NC(=O)[C@H](Cc2ccccc2)NC(=O)[C@H](C)NC(=O)C2(CCN(C(=O)c3cccc4c3OCCO4)CC2)Oc2ccc(cc2)OCCNC1=O. The van der Waals surface area contributed by atoms with Crippen LogP contribution in [0, 0.1) is 0 Å². The van der Waals surface area contributed by atoms with Gasteiger partial charge in [-0.25, -0.2) is 0 Å². The van der Waals surface area contributed by atoms with Gasteiger partial charge in [0.1, 0.15) is 49.4 Å². The molecule has 14 nitrogen and oxygen atoms in total. The fraction of sp³-hybridized carbons (Fsp3) is 0.395. The van der Waals surface area contributed by atoms with Gasteiger partial charge in [0.2, 0.25) is 17.7 Å². The van der Waals surface area contributed by atoms with Crippen LogP contribution in [0.4, 0.5) is 0 Å². The summed E-state index contributed by atoms with van der Waals surface area (Å²) in [4.78, 5) is 69.3. The third kappa shape index (κ3) is 8.39. The standard InChI is InChI=1S/C38H43N5O9/c1-24-33(44)39-17-20-49-27-11-13-28(14-12-27)52-38(15-18-43(19-16-38)36(47)29-9-6-10-31-32(29)51-22-21-50-31)37(48)41-25(2)34(45)42-30(35(46)40-24)23-26-7-4-3-5-8-26/h3-14,24-25,30H,15-23H2,1-2H3,(H,39,44)(H,40,46)(H,41,48)(H,42,45)/t24-,25-,30-/m0/s1. The lowest BCUT2D eigenvalue weighted by atomic mass is 9.89. The predicted molar refractivity (Wildman–Crippen MR) is 188 cm³/mol. The van der Waals surface area contributed by atoms with Crippen LogP contribution in [0.5, 0.6) is 23.0 Å². The number of likely N-dealkylation sites (tertiary alicyclic amines) is 1. The van der Waals surface area contributed by atoms with E-state index in [1.807, 2.05) is 30.3 Å². The molecule has 1 spiro atoms. The van der Waals surface area contributed by atoms with Gasteiger partial charge in [-0.1, -0.05) is 36.4 Å². The average Bonchev–Trinajstić information content (AvgIpc) is 3.16. The first-order valence-electron chi connectivity index (χ1n) is 17.4. The second-order valence-electron chi connectivity index (χ2n) is 13.0. The Labute approximate surface area is 301 Å². The van der Waals surface area contributed by atoms with Crippen LogP contribution in [0.3, 0.4) is 0 Å². The van der Waals surface area contributed by atoms with Crippen LogP contribution in [0.15, 0.2) is 72.8 Å². The Bertz CT molecular complexity index is 1780. The van der Waals surface area contributed by atoms with Crippen molar-refractivity contribution in [2.75, 3.05) is 39.5 Å². The van der Waals surface area contributed by atoms with Crippen molar-refractivity contribution >= 4 is 29.5 Å². The van der Waals surface area contributed by atoms with Gasteiger partial charge in [0.15, 0.2) is 17.1 Å². The number of benzene rings is 3. The van der Waals surface area contributed by atoms with Crippen molar-refractivity contribution in [3.8, 4) is 23.0 Å². The summed E-state index contributed by atoms with van der Waals surface area (Å²) in [5, 5.41) is 11.0. The first kappa shape index (κ1) is 36.0. The molecule has 0 unspecified atom stereocenters. The summed E-state index contributed by atoms with van der Waals surface area (Å²) in [6.07, 6.45) is 0.399. The number of carbonyl (C=O) groups excluding carboxylic acids is 5. The maximum absolute atomic E-state index is 14.2. The molecule has 0 saturated carbocycles. The van der Waals surface area contributed by atoms with Gasteiger partial charge in [-0.05, 0) is 55.8 Å². The highest BCUT2D eigenvalue weighted by molar-refractivity contribution is 5.99. The van der Waals surface area contributed by atoms with Gasteiger partial charge < -0.3 is 45.1 Å². The Morgan fingerprint density at radius 3 is 2.17 bits per heavy atom. The largest absolute Gasteiger partial charge is 0.492 e. The second kappa shape index (κ2) is 16.0. The van der Waals surface area contributed by atoms with E-state index in [-0.39, 0.29) is 51.4 Å². The fourth-order valence-corrected chi connectivity index (χ4v) is 6.31. The number of nitrogens with one attached hydrogen (secondary N) is 4. The van der Waals surface area contributed by atoms with E-state index in [4.69, 9.17) is 18.9 Å². The number of ether oxygens (including phenoxy) is 4. The number of fused-ring (bicyclic) bond motifs is 16. The number of rotatable bonds is 3. The van der Waals surface area contributed by atoms with Gasteiger partial charge in [0.05, 0.1) is 12.1 Å². The molecule has 4 aliphatic heterocycles. The van der Waals surface area contributed by atoms with Crippen LogP contribution in [0.25, 0.3) is 0 Å². The van der Waals surface area contributed by atoms with Gasteiger partial charge in [-0.3, -0.25) is 24.0 Å². The number of nitrogens with zero attached hydrogens (tertiary/aromatic N) is 1. The number of amides is 5. The maximum atomic E-state index is 14.2. The lowest BCUT2D eigenvalue weighted by Gasteiger charge is -2.41. The van der Waals surface area contributed by atoms with Crippen LogP contribution in [-0.4, -0.2) is 97.6 Å². The van der Waals surface area contributed by atoms with E-state index in [9.17, 15) is 24.0 Å². The Balaban J connectivity index is 1.23. The van der Waals surface area contributed by atoms with E-state index in [1.54, 1.807) is 54.3 Å². The Morgan fingerprint density at radius 1 is 0.731 bits per heavy atom. The van der Waals surface area contributed by atoms with Gasteiger partial charge in [0.25, 0.3) is 11.8 Å². The number of para-hydroxylation sites is 1. The molecule has 52 heavy (non-hydrogen) atoms. The quantitative estimate of drug-likeness (QED) is 0.295. The molecule has 1 fully saturated rings. The molecule has 7 rings (SSSR count). The van der Waals surface area contributed by atoms with E-state index < -0.39 is 47.4 Å². The second-order valence-corrected chi connectivity index (χ2v) is 13.0. The fourth-order valence-electron chi connectivity index (χ4n) is 6.31.